The molecule has 2 aromatic rings. The zero-order chi connectivity index (χ0) is 16.1. The Morgan fingerprint density at radius 2 is 1.64 bits per heavy atom. The molecule has 0 saturated carbocycles. The van der Waals surface area contributed by atoms with Gasteiger partial charge in [-0.15, -0.1) is 0 Å². The maximum Gasteiger partial charge on any atom is 0.338 e. The average molecular weight is 326 g/mol. The second-order valence-corrected chi connectivity index (χ2v) is 4.66. The summed E-state index contributed by atoms with van der Waals surface area (Å²) in [6.07, 6.45) is 0. The highest BCUT2D eigenvalue weighted by Gasteiger charge is 2.14. The minimum Gasteiger partial charge on any atom is -0.452 e. The van der Waals surface area contributed by atoms with Gasteiger partial charge in [-0.2, -0.15) is 0 Å². The number of esters is 1. The standard InChI is InChI=1S/C15H10ClF2NO3/c16-10-6-4-9(5-7-10)15(21)22-8-13(20)19-14-11(17)2-1-3-12(14)18/h1-7H,8H2,(H,19,20). The van der Waals surface area contributed by atoms with E-state index in [0.29, 0.717) is 5.02 Å². The monoisotopic (exact) mass is 325 g/mol. The molecular formula is C15H10ClF2NO3. The quantitative estimate of drug-likeness (QED) is 0.876. The van der Waals surface area contributed by atoms with Gasteiger partial charge in [-0.3, -0.25) is 4.79 Å². The maximum atomic E-state index is 13.3. The summed E-state index contributed by atoms with van der Waals surface area (Å²) in [5.41, 5.74) is -0.385. The summed E-state index contributed by atoms with van der Waals surface area (Å²) < 4.78 is 31.4. The van der Waals surface area contributed by atoms with Gasteiger partial charge in [-0.05, 0) is 36.4 Å². The Labute approximate surface area is 129 Å². The van der Waals surface area contributed by atoms with Crippen LogP contribution in [0.1, 0.15) is 10.4 Å². The van der Waals surface area contributed by atoms with Gasteiger partial charge >= 0.3 is 5.97 Å². The predicted octanol–water partition coefficient (Wildman–Crippen LogP) is 3.41. The number of halogens is 3. The van der Waals surface area contributed by atoms with Crippen molar-refractivity contribution in [1.29, 1.82) is 0 Å². The van der Waals surface area contributed by atoms with Crippen molar-refractivity contribution in [2.45, 2.75) is 0 Å². The van der Waals surface area contributed by atoms with Gasteiger partial charge in [0.05, 0.1) is 5.56 Å². The molecule has 0 aliphatic heterocycles. The zero-order valence-corrected chi connectivity index (χ0v) is 11.9. The van der Waals surface area contributed by atoms with E-state index < -0.39 is 35.8 Å². The third-order valence-electron chi connectivity index (χ3n) is 2.64. The Bertz CT molecular complexity index is 684. The molecule has 0 fully saturated rings. The fraction of sp³-hybridized carbons (Fsp3) is 0.0667. The molecule has 0 heterocycles. The van der Waals surface area contributed by atoms with Crippen LogP contribution in [0.4, 0.5) is 14.5 Å². The number of ether oxygens (including phenoxy) is 1. The molecule has 0 atom stereocenters. The minimum atomic E-state index is -0.919. The third-order valence-corrected chi connectivity index (χ3v) is 2.89. The highest BCUT2D eigenvalue weighted by atomic mass is 35.5. The van der Waals surface area contributed by atoms with Gasteiger partial charge in [-0.25, -0.2) is 13.6 Å². The molecule has 0 spiro atoms. The van der Waals surface area contributed by atoms with Crippen LogP contribution in [0.15, 0.2) is 42.5 Å². The van der Waals surface area contributed by atoms with E-state index in [1.165, 1.54) is 30.3 Å². The number of anilines is 1. The first kappa shape index (κ1) is 15.9. The van der Waals surface area contributed by atoms with Crippen molar-refractivity contribution < 1.29 is 23.1 Å². The highest BCUT2D eigenvalue weighted by Crippen LogP contribution is 2.17. The van der Waals surface area contributed by atoms with Crippen LogP contribution in [0.3, 0.4) is 0 Å². The Morgan fingerprint density at radius 3 is 2.23 bits per heavy atom. The van der Waals surface area contributed by atoms with Crippen LogP contribution < -0.4 is 5.32 Å². The molecule has 22 heavy (non-hydrogen) atoms. The van der Waals surface area contributed by atoms with E-state index in [1.54, 1.807) is 0 Å². The summed E-state index contributed by atoms with van der Waals surface area (Å²) in [5.74, 6) is -3.44. The molecule has 0 saturated heterocycles. The SMILES string of the molecule is O=C(COC(=O)c1ccc(Cl)cc1)Nc1c(F)cccc1F. The van der Waals surface area contributed by atoms with Gasteiger partial charge in [0.15, 0.2) is 6.61 Å². The molecule has 0 aliphatic carbocycles. The summed E-state index contributed by atoms with van der Waals surface area (Å²) in [4.78, 5) is 23.2. The predicted molar refractivity (Wildman–Crippen MR) is 76.7 cm³/mol. The molecule has 1 amide bonds. The number of nitrogens with one attached hydrogen (secondary N) is 1. The summed E-state index contributed by atoms with van der Waals surface area (Å²) >= 11 is 5.68. The van der Waals surface area contributed by atoms with Gasteiger partial charge in [0, 0.05) is 5.02 Å². The molecule has 2 rings (SSSR count). The number of hydrogen-bond acceptors (Lipinski definition) is 3. The van der Waals surface area contributed by atoms with Gasteiger partial charge in [0.2, 0.25) is 0 Å². The average Bonchev–Trinajstić information content (AvgIpc) is 2.49. The molecule has 4 nitrogen and oxygen atoms in total. The Balaban J connectivity index is 1.93. The summed E-state index contributed by atoms with van der Waals surface area (Å²) in [6.45, 7) is -0.671. The topological polar surface area (TPSA) is 55.4 Å². The molecule has 2 aromatic carbocycles. The van der Waals surface area contributed by atoms with Crippen molar-refractivity contribution in [2.75, 3.05) is 11.9 Å². The van der Waals surface area contributed by atoms with Crippen LogP contribution in [0.2, 0.25) is 5.02 Å². The smallest absolute Gasteiger partial charge is 0.338 e. The second-order valence-electron chi connectivity index (χ2n) is 4.23. The van der Waals surface area contributed by atoms with E-state index in [2.05, 4.69) is 0 Å². The third kappa shape index (κ3) is 4.02. The van der Waals surface area contributed by atoms with Crippen molar-refractivity contribution in [2.24, 2.45) is 0 Å². The number of para-hydroxylation sites is 1. The van der Waals surface area contributed by atoms with E-state index >= 15 is 0 Å². The van der Waals surface area contributed by atoms with Gasteiger partial charge in [0.25, 0.3) is 5.91 Å². The summed E-state index contributed by atoms with van der Waals surface area (Å²) in [5, 5.41) is 2.46. The Hall–Kier alpha value is -2.47. The molecular weight excluding hydrogens is 316 g/mol. The largest absolute Gasteiger partial charge is 0.452 e. The highest BCUT2D eigenvalue weighted by molar-refractivity contribution is 6.30. The Kier molecular flexibility index (Phi) is 5.06. The molecule has 7 heteroatoms. The van der Waals surface area contributed by atoms with Crippen molar-refractivity contribution in [1.82, 2.24) is 0 Å². The first-order valence-corrected chi connectivity index (χ1v) is 6.51. The molecule has 0 unspecified atom stereocenters. The fourth-order valence-electron chi connectivity index (χ4n) is 1.59. The van der Waals surface area contributed by atoms with Crippen LogP contribution in [-0.4, -0.2) is 18.5 Å². The molecule has 0 bridgehead atoms. The van der Waals surface area contributed by atoms with Crippen molar-refractivity contribution in [3.8, 4) is 0 Å². The molecule has 0 radical (unpaired) electrons. The number of benzene rings is 2. The molecule has 1 N–H and O–H groups in total. The van der Waals surface area contributed by atoms with E-state index in [4.69, 9.17) is 16.3 Å². The lowest BCUT2D eigenvalue weighted by atomic mass is 10.2. The summed E-state index contributed by atoms with van der Waals surface area (Å²) in [6, 6.07) is 9.01. The lowest BCUT2D eigenvalue weighted by molar-refractivity contribution is -0.119. The van der Waals surface area contributed by atoms with Crippen molar-refractivity contribution in [3.63, 3.8) is 0 Å². The van der Waals surface area contributed by atoms with E-state index in [1.807, 2.05) is 5.32 Å². The number of amides is 1. The first-order chi connectivity index (χ1) is 10.5. The lowest BCUT2D eigenvalue weighted by Crippen LogP contribution is -2.22. The van der Waals surface area contributed by atoms with E-state index in [-0.39, 0.29) is 5.56 Å². The van der Waals surface area contributed by atoms with Crippen LogP contribution >= 0.6 is 11.6 Å². The van der Waals surface area contributed by atoms with E-state index in [9.17, 15) is 18.4 Å². The lowest BCUT2D eigenvalue weighted by Gasteiger charge is -2.08. The zero-order valence-electron chi connectivity index (χ0n) is 11.1. The van der Waals surface area contributed by atoms with E-state index in [0.717, 1.165) is 12.1 Å². The molecule has 0 aromatic heterocycles. The fourth-order valence-corrected chi connectivity index (χ4v) is 1.72. The minimum absolute atomic E-state index is 0.203. The van der Waals surface area contributed by atoms with Gasteiger partial charge in [0.1, 0.15) is 17.3 Å². The van der Waals surface area contributed by atoms with Gasteiger partial charge < -0.3 is 10.1 Å². The van der Waals surface area contributed by atoms with Crippen molar-refractivity contribution >= 4 is 29.2 Å². The van der Waals surface area contributed by atoms with Crippen molar-refractivity contribution in [3.05, 3.63) is 64.7 Å². The number of rotatable bonds is 4. The van der Waals surface area contributed by atoms with Crippen LogP contribution in [0.25, 0.3) is 0 Å². The number of hydrogen-bond donors (Lipinski definition) is 1. The van der Waals surface area contributed by atoms with Crippen LogP contribution in [-0.2, 0) is 9.53 Å². The normalized spacial score (nSPS) is 10.1. The maximum absolute atomic E-state index is 13.3. The second kappa shape index (κ2) is 7.00. The summed E-state index contributed by atoms with van der Waals surface area (Å²) in [7, 11) is 0. The van der Waals surface area contributed by atoms with Crippen LogP contribution in [0, 0.1) is 11.6 Å². The number of carbonyl (C=O) groups excluding carboxylic acids is 2. The Morgan fingerprint density at radius 1 is 1.05 bits per heavy atom. The number of carbonyl (C=O) groups is 2. The molecule has 114 valence electrons. The molecule has 0 aliphatic rings. The first-order valence-electron chi connectivity index (χ1n) is 6.14. The van der Waals surface area contributed by atoms with Crippen LogP contribution in [0.5, 0.6) is 0 Å². The van der Waals surface area contributed by atoms with Gasteiger partial charge in [-0.1, -0.05) is 17.7 Å².